The lowest BCUT2D eigenvalue weighted by Gasteiger charge is -2.40. The smallest absolute Gasteiger partial charge is 0.329 e. The van der Waals surface area contributed by atoms with Crippen LogP contribution >= 0.6 is 11.6 Å². The Morgan fingerprint density at radius 1 is 0.848 bits per heavy atom. The van der Waals surface area contributed by atoms with Gasteiger partial charge in [-0.25, -0.2) is 22.9 Å². The van der Waals surface area contributed by atoms with E-state index in [9.17, 15) is 27.6 Å². The highest BCUT2D eigenvalue weighted by atomic mass is 35.5. The fourth-order valence-electron chi connectivity index (χ4n) is 11.2. The van der Waals surface area contributed by atoms with E-state index in [1.54, 1.807) is 46.6 Å². The van der Waals surface area contributed by atoms with Gasteiger partial charge < -0.3 is 15.0 Å². The lowest BCUT2D eigenvalue weighted by molar-refractivity contribution is -0.135. The van der Waals surface area contributed by atoms with Gasteiger partial charge in [0.15, 0.2) is 0 Å². The van der Waals surface area contributed by atoms with Crippen LogP contribution in [0.15, 0.2) is 63.1 Å². The molecule has 18 heteroatoms. The molecule has 3 aliphatic carbocycles. The summed E-state index contributed by atoms with van der Waals surface area (Å²) < 4.78 is 41.2. The van der Waals surface area contributed by atoms with Crippen molar-refractivity contribution in [1.29, 1.82) is 0 Å². The number of hydrogen-bond donors (Lipinski definition) is 3. The van der Waals surface area contributed by atoms with Crippen LogP contribution in [0.2, 0.25) is 5.02 Å². The van der Waals surface area contributed by atoms with Gasteiger partial charge in [0.25, 0.3) is 5.56 Å². The number of pyridine rings is 1. The number of hydrogen-bond acceptors (Lipinski definition) is 11. The highest BCUT2D eigenvalue weighted by Crippen LogP contribution is 2.38. The second-order valence-electron chi connectivity index (χ2n) is 19.4. The van der Waals surface area contributed by atoms with E-state index in [0.29, 0.717) is 64.8 Å². The van der Waals surface area contributed by atoms with Crippen LogP contribution in [0.25, 0.3) is 22.1 Å². The number of piperidine rings is 2. The molecule has 0 radical (unpaired) electrons. The van der Waals surface area contributed by atoms with Gasteiger partial charge in [-0.05, 0) is 144 Å². The molecule has 0 spiro atoms. The maximum absolute atomic E-state index is 13.5. The Morgan fingerprint density at radius 2 is 1.59 bits per heavy atom. The van der Waals surface area contributed by atoms with Crippen molar-refractivity contribution in [3.8, 4) is 0 Å². The molecule has 1 atom stereocenters. The van der Waals surface area contributed by atoms with Crippen LogP contribution < -0.4 is 31.5 Å². The van der Waals surface area contributed by atoms with Crippen LogP contribution in [0.1, 0.15) is 114 Å². The van der Waals surface area contributed by atoms with Crippen LogP contribution in [-0.4, -0.2) is 75.2 Å². The molecule has 3 saturated carbocycles. The molecule has 5 fully saturated rings. The first kappa shape index (κ1) is 44.7. The molecule has 3 N–H and O–H groups in total. The Labute approximate surface area is 388 Å². The molecule has 3 aromatic heterocycles. The highest BCUT2D eigenvalue weighted by molar-refractivity contribution is 7.89. The molecular weight excluding hydrogens is 882 g/mol. The molecule has 5 aliphatic rings. The van der Waals surface area contributed by atoms with Crippen LogP contribution in [0.5, 0.6) is 0 Å². The van der Waals surface area contributed by atoms with Crippen LogP contribution in [0.4, 0.5) is 17.3 Å². The van der Waals surface area contributed by atoms with Gasteiger partial charge >= 0.3 is 5.69 Å². The third-order valence-corrected chi connectivity index (χ3v) is 16.8. The number of fused-ring (bicyclic) bond motifs is 2. The molecule has 1 unspecified atom stereocenters. The summed E-state index contributed by atoms with van der Waals surface area (Å²) in [5.74, 6) is 0.939. The normalized spacial score (nSPS) is 24.5. The summed E-state index contributed by atoms with van der Waals surface area (Å²) in [6, 6.07) is 11.8. The zero-order valence-electron chi connectivity index (χ0n) is 37.5. The van der Waals surface area contributed by atoms with Crippen molar-refractivity contribution in [2.75, 3.05) is 23.3 Å². The summed E-state index contributed by atoms with van der Waals surface area (Å²) >= 11 is 6.30. The number of halogens is 1. The zero-order chi connectivity index (χ0) is 45.9. The average Bonchev–Trinajstić information content (AvgIpc) is 3.91. The molecule has 16 nitrogen and oxygen atoms in total. The average molecular weight is 941 g/mol. The molecule has 2 aliphatic heterocycles. The van der Waals surface area contributed by atoms with E-state index < -0.39 is 22.0 Å². The van der Waals surface area contributed by atoms with E-state index in [2.05, 4.69) is 31.3 Å². The summed E-state index contributed by atoms with van der Waals surface area (Å²) in [6.45, 7) is 3.75. The summed E-state index contributed by atoms with van der Waals surface area (Å²) in [6.07, 6.45) is 15.5. The Morgan fingerprint density at radius 3 is 2.32 bits per heavy atom. The van der Waals surface area contributed by atoms with E-state index in [1.807, 2.05) is 19.1 Å². The molecule has 0 bridgehead atoms. The first-order chi connectivity index (χ1) is 31.8. The number of imide groups is 1. The van der Waals surface area contributed by atoms with Crippen molar-refractivity contribution in [3.63, 3.8) is 0 Å². The minimum atomic E-state index is -3.75. The standard InChI is InChI=1S/C48H58ClN9O7S/c1-28-21-37(12-13-39(28)51-47-50-27-31-23-38(49)46(61)57(44(31)53-47)33-5-3-4-6-33)66(63,64)54-32-24-36(25-32)65-35-10-7-29(8-11-35)22-30-17-19-56(20-18-30)34-9-14-40-42(26-34)55(2)48(62)58(40)41-15-16-43(59)52-45(41)60/h9,12-14,21,23,26-27,29-30,32-33,35-36,41,54H,3-8,10-11,15-20,22,24-25H2,1-2H3,(H,50,51,53)(H,52,59,60). The molecule has 2 amide bonds. The SMILES string of the molecule is Cc1cc(S(=O)(=O)NC2CC(OC3CCC(CC4CCN(c5ccc6c(c5)n(C)c(=O)n6C5CCC(=O)NC5=O)CC4)CC3)C2)ccc1Nc1ncc2cc(Cl)c(=O)n(C3CCCC3)c2n1. The molecule has 10 rings (SSSR count). The zero-order valence-corrected chi connectivity index (χ0v) is 39.1. The third kappa shape index (κ3) is 8.91. The molecule has 5 heterocycles. The van der Waals surface area contributed by atoms with E-state index in [-0.39, 0.29) is 57.8 Å². The quantitative estimate of drug-likeness (QED) is 0.110. The Hall–Kier alpha value is -5.10. The summed E-state index contributed by atoms with van der Waals surface area (Å²) in [4.78, 5) is 62.4. The van der Waals surface area contributed by atoms with Gasteiger partial charge in [0.1, 0.15) is 16.7 Å². The predicted octanol–water partition coefficient (Wildman–Crippen LogP) is 6.93. The number of benzene rings is 2. The van der Waals surface area contributed by atoms with E-state index in [4.69, 9.17) is 21.3 Å². The van der Waals surface area contributed by atoms with Gasteiger partial charge in [-0.1, -0.05) is 24.4 Å². The van der Waals surface area contributed by atoms with Gasteiger partial charge in [-0.15, -0.1) is 0 Å². The number of nitrogens with one attached hydrogen (secondary N) is 3. The molecule has 66 heavy (non-hydrogen) atoms. The monoisotopic (exact) mass is 939 g/mol. The van der Waals surface area contributed by atoms with E-state index in [0.717, 1.165) is 88.5 Å². The number of sulfonamides is 1. The number of nitrogens with zero attached hydrogens (tertiary/aromatic N) is 6. The number of carbonyl (C=O) groups is 2. The number of anilines is 3. The Bertz CT molecular complexity index is 2920. The number of imidazole rings is 1. The van der Waals surface area contributed by atoms with Crippen LogP contribution in [0.3, 0.4) is 0 Å². The van der Waals surface area contributed by atoms with Crippen molar-refractivity contribution >= 4 is 72.8 Å². The Kier molecular flexibility index (Phi) is 12.3. The minimum Gasteiger partial charge on any atom is -0.375 e. The lowest BCUT2D eigenvalue weighted by Crippen LogP contribution is -2.48. The van der Waals surface area contributed by atoms with Crippen molar-refractivity contribution in [2.45, 2.75) is 138 Å². The lowest BCUT2D eigenvalue weighted by atomic mass is 9.78. The fraction of sp³-hybridized carbons (Fsp3) is 0.542. The number of ether oxygens (including phenoxy) is 1. The highest BCUT2D eigenvalue weighted by Gasteiger charge is 2.37. The van der Waals surface area contributed by atoms with Crippen LogP contribution in [0, 0.1) is 18.8 Å². The van der Waals surface area contributed by atoms with E-state index >= 15 is 0 Å². The van der Waals surface area contributed by atoms with Crippen molar-refractivity contribution in [1.82, 2.24) is 33.7 Å². The second kappa shape index (κ2) is 18.2. The van der Waals surface area contributed by atoms with Crippen molar-refractivity contribution < 1.29 is 22.7 Å². The molecule has 5 aromatic rings. The first-order valence-electron chi connectivity index (χ1n) is 23.7. The maximum atomic E-state index is 13.5. The van der Waals surface area contributed by atoms with Crippen LogP contribution in [-0.2, 0) is 31.4 Å². The summed E-state index contributed by atoms with van der Waals surface area (Å²) in [7, 11) is -2.02. The molecule has 2 saturated heterocycles. The van der Waals surface area contributed by atoms with Gasteiger partial charge in [0.2, 0.25) is 27.8 Å². The van der Waals surface area contributed by atoms with Gasteiger partial charge in [0.05, 0.1) is 28.1 Å². The van der Waals surface area contributed by atoms with Gasteiger partial charge in [0, 0.05) is 61.6 Å². The van der Waals surface area contributed by atoms with Crippen molar-refractivity contribution in [3.05, 3.63) is 80.1 Å². The number of carbonyl (C=O) groups excluding carboxylic acids is 2. The first-order valence-corrected chi connectivity index (χ1v) is 25.6. The summed E-state index contributed by atoms with van der Waals surface area (Å²) in [5, 5.41) is 6.44. The third-order valence-electron chi connectivity index (χ3n) is 15.0. The Balaban J connectivity index is 0.664. The van der Waals surface area contributed by atoms with Gasteiger partial charge in [-0.2, -0.15) is 4.98 Å². The fourth-order valence-corrected chi connectivity index (χ4v) is 12.8. The van der Waals surface area contributed by atoms with E-state index in [1.165, 1.54) is 11.0 Å². The molecular formula is C48H58ClN9O7S. The largest absolute Gasteiger partial charge is 0.375 e. The van der Waals surface area contributed by atoms with Crippen molar-refractivity contribution in [2.24, 2.45) is 18.9 Å². The number of amides is 2. The van der Waals surface area contributed by atoms with Gasteiger partial charge in [-0.3, -0.25) is 33.4 Å². The maximum Gasteiger partial charge on any atom is 0.329 e. The number of aryl methyl sites for hydroxylation is 2. The number of aromatic nitrogens is 5. The molecule has 350 valence electrons. The minimum absolute atomic E-state index is 0.0428. The molecule has 2 aromatic carbocycles. The summed E-state index contributed by atoms with van der Waals surface area (Å²) in [5.41, 5.74) is 3.97. The topological polar surface area (TPSA) is 192 Å². The number of rotatable bonds is 12. The second-order valence-corrected chi connectivity index (χ2v) is 21.5. The predicted molar refractivity (Wildman–Crippen MR) is 253 cm³/mol.